The largest absolute Gasteiger partial charge is 0.284 e. The Labute approximate surface area is 139 Å². The summed E-state index contributed by atoms with van der Waals surface area (Å²) in [4.78, 5) is 2.48. The Bertz CT molecular complexity index is 648. The zero-order valence-electron chi connectivity index (χ0n) is 13.5. The average Bonchev–Trinajstić information content (AvgIpc) is 3.43. The van der Waals surface area contributed by atoms with Crippen molar-refractivity contribution in [2.75, 3.05) is 13.1 Å². The molecule has 0 aromatic heterocycles. The van der Waals surface area contributed by atoms with E-state index in [9.17, 15) is 0 Å². The molecule has 0 aliphatic heterocycles. The van der Waals surface area contributed by atoms with Gasteiger partial charge in [0.15, 0.2) is 0 Å². The summed E-state index contributed by atoms with van der Waals surface area (Å²) in [5.41, 5.74) is 7.15. The van der Waals surface area contributed by atoms with E-state index in [1.54, 1.807) is 5.57 Å². The van der Waals surface area contributed by atoms with Crippen molar-refractivity contribution in [3.05, 3.63) is 102 Å². The molecule has 2 aromatic rings. The van der Waals surface area contributed by atoms with Crippen molar-refractivity contribution >= 4 is 0 Å². The van der Waals surface area contributed by atoms with Crippen LogP contribution in [0.4, 0.5) is 0 Å². The summed E-state index contributed by atoms with van der Waals surface area (Å²) in [6.07, 6.45) is 6.94. The van der Waals surface area contributed by atoms with Gasteiger partial charge in [0.05, 0.1) is 6.04 Å². The fourth-order valence-corrected chi connectivity index (χ4v) is 2.87. The van der Waals surface area contributed by atoms with Gasteiger partial charge < -0.3 is 0 Å². The molecule has 0 heterocycles. The van der Waals surface area contributed by atoms with Crippen LogP contribution in [0.15, 0.2) is 90.7 Å². The Kier molecular flexibility index (Phi) is 5.26. The maximum absolute atomic E-state index is 3.72. The zero-order chi connectivity index (χ0) is 15.9. The molecule has 116 valence electrons. The minimum Gasteiger partial charge on any atom is -0.284 e. The molecule has 0 amide bonds. The molecule has 0 saturated heterocycles. The van der Waals surface area contributed by atoms with Crippen LogP contribution in [0.3, 0.4) is 0 Å². The van der Waals surface area contributed by atoms with Crippen LogP contribution in [0.2, 0.25) is 0 Å². The molecule has 0 spiro atoms. The van der Waals surface area contributed by atoms with Crippen molar-refractivity contribution < 1.29 is 0 Å². The monoisotopic (exact) mass is 301 g/mol. The SMILES string of the molecule is C=C=CCN(CC=C1CC1)C(c1ccccc1)c1ccccc1. The Balaban J connectivity index is 1.96. The molecule has 2 aromatic carbocycles. The highest BCUT2D eigenvalue weighted by Gasteiger charge is 2.21. The number of hydrogen-bond acceptors (Lipinski definition) is 1. The maximum Gasteiger partial charge on any atom is 0.0607 e. The van der Waals surface area contributed by atoms with Gasteiger partial charge in [-0.3, -0.25) is 4.90 Å². The highest BCUT2D eigenvalue weighted by molar-refractivity contribution is 5.32. The lowest BCUT2D eigenvalue weighted by Gasteiger charge is -2.30. The molecule has 1 heteroatoms. The molecule has 1 nitrogen and oxygen atoms in total. The van der Waals surface area contributed by atoms with Crippen LogP contribution in [0, 0.1) is 0 Å². The van der Waals surface area contributed by atoms with Gasteiger partial charge in [0.1, 0.15) is 0 Å². The van der Waals surface area contributed by atoms with Gasteiger partial charge in [0.25, 0.3) is 0 Å². The summed E-state index contributed by atoms with van der Waals surface area (Å²) in [5, 5.41) is 0. The van der Waals surface area contributed by atoms with Gasteiger partial charge in [-0.2, -0.15) is 0 Å². The van der Waals surface area contributed by atoms with Crippen LogP contribution in [-0.4, -0.2) is 18.0 Å². The minimum absolute atomic E-state index is 0.248. The van der Waals surface area contributed by atoms with Crippen molar-refractivity contribution in [3.63, 3.8) is 0 Å². The van der Waals surface area contributed by atoms with Crippen molar-refractivity contribution in [1.82, 2.24) is 4.90 Å². The topological polar surface area (TPSA) is 3.24 Å². The highest BCUT2D eigenvalue weighted by atomic mass is 15.1. The number of nitrogens with zero attached hydrogens (tertiary/aromatic N) is 1. The van der Waals surface area contributed by atoms with Crippen molar-refractivity contribution in [2.24, 2.45) is 0 Å². The first-order valence-electron chi connectivity index (χ1n) is 8.24. The van der Waals surface area contributed by atoms with E-state index in [0.29, 0.717) is 0 Å². The summed E-state index contributed by atoms with van der Waals surface area (Å²) in [7, 11) is 0. The van der Waals surface area contributed by atoms with Crippen LogP contribution in [0.25, 0.3) is 0 Å². The Morgan fingerprint density at radius 2 is 1.48 bits per heavy atom. The van der Waals surface area contributed by atoms with Gasteiger partial charge >= 0.3 is 0 Å². The third-order valence-electron chi connectivity index (χ3n) is 4.22. The predicted molar refractivity (Wildman–Crippen MR) is 97.3 cm³/mol. The third kappa shape index (κ3) is 4.32. The van der Waals surface area contributed by atoms with Crippen molar-refractivity contribution in [3.8, 4) is 0 Å². The Hall–Kier alpha value is -2.34. The van der Waals surface area contributed by atoms with Crippen LogP contribution in [0.5, 0.6) is 0 Å². The number of rotatable bonds is 7. The molecule has 23 heavy (non-hydrogen) atoms. The normalized spacial score (nSPS) is 13.0. The molecule has 1 fully saturated rings. The summed E-state index contributed by atoms with van der Waals surface area (Å²) in [5.74, 6) is 0. The number of benzene rings is 2. The fourth-order valence-electron chi connectivity index (χ4n) is 2.87. The van der Waals surface area contributed by atoms with E-state index in [1.165, 1.54) is 24.0 Å². The summed E-state index contributed by atoms with van der Waals surface area (Å²) >= 11 is 0. The van der Waals surface area contributed by atoms with E-state index in [4.69, 9.17) is 0 Å². The van der Waals surface area contributed by atoms with E-state index in [-0.39, 0.29) is 6.04 Å². The maximum atomic E-state index is 3.72. The Morgan fingerprint density at radius 3 is 1.96 bits per heavy atom. The van der Waals surface area contributed by atoms with Gasteiger partial charge in [-0.05, 0) is 30.0 Å². The second kappa shape index (κ2) is 7.78. The third-order valence-corrected chi connectivity index (χ3v) is 4.22. The molecule has 1 aliphatic rings. The zero-order valence-corrected chi connectivity index (χ0v) is 13.5. The van der Waals surface area contributed by atoms with Gasteiger partial charge in [0.2, 0.25) is 0 Å². The van der Waals surface area contributed by atoms with E-state index >= 15 is 0 Å². The lowest BCUT2D eigenvalue weighted by Crippen LogP contribution is -2.30. The van der Waals surface area contributed by atoms with E-state index in [0.717, 1.165) is 13.1 Å². The van der Waals surface area contributed by atoms with Crippen molar-refractivity contribution in [2.45, 2.75) is 18.9 Å². The predicted octanol–water partition coefficient (Wildman–Crippen LogP) is 5.14. The summed E-state index contributed by atoms with van der Waals surface area (Å²) in [6, 6.07) is 21.7. The smallest absolute Gasteiger partial charge is 0.0607 e. The highest BCUT2D eigenvalue weighted by Crippen LogP contribution is 2.31. The molecular weight excluding hydrogens is 278 g/mol. The second-order valence-electron chi connectivity index (χ2n) is 5.95. The first kappa shape index (κ1) is 15.6. The Morgan fingerprint density at radius 1 is 0.913 bits per heavy atom. The van der Waals surface area contributed by atoms with Crippen LogP contribution in [-0.2, 0) is 0 Å². The molecule has 0 N–H and O–H groups in total. The first-order chi connectivity index (χ1) is 11.4. The van der Waals surface area contributed by atoms with E-state index in [1.807, 2.05) is 6.08 Å². The van der Waals surface area contributed by atoms with Crippen LogP contribution in [0.1, 0.15) is 30.0 Å². The molecule has 0 atom stereocenters. The van der Waals surface area contributed by atoms with Gasteiger partial charge in [-0.1, -0.05) is 78.9 Å². The molecule has 1 aliphatic carbocycles. The standard InChI is InChI=1S/C22H23N/c1-2-3-17-23(18-16-19-14-15-19)22(20-10-6-4-7-11-20)21-12-8-5-9-13-21/h3-13,16,22H,1,14-15,17-18H2. The second-order valence-corrected chi connectivity index (χ2v) is 5.95. The molecule has 0 bridgehead atoms. The quantitative estimate of drug-likeness (QED) is 0.505. The van der Waals surface area contributed by atoms with Gasteiger partial charge in [-0.15, -0.1) is 5.73 Å². The van der Waals surface area contributed by atoms with E-state index in [2.05, 4.69) is 83.9 Å². The molecule has 3 rings (SSSR count). The molecule has 0 unspecified atom stereocenters. The van der Waals surface area contributed by atoms with E-state index < -0.39 is 0 Å². The van der Waals surface area contributed by atoms with Crippen LogP contribution < -0.4 is 0 Å². The lowest BCUT2D eigenvalue weighted by molar-refractivity contribution is 0.277. The number of allylic oxidation sites excluding steroid dienone is 1. The average molecular weight is 301 g/mol. The summed E-state index contributed by atoms with van der Waals surface area (Å²) in [6.45, 7) is 5.53. The minimum atomic E-state index is 0.248. The lowest BCUT2D eigenvalue weighted by atomic mass is 9.97. The van der Waals surface area contributed by atoms with Gasteiger partial charge in [-0.25, -0.2) is 0 Å². The molecular formula is C22H23N. The molecule has 1 saturated carbocycles. The summed E-state index contributed by atoms with van der Waals surface area (Å²) < 4.78 is 0. The van der Waals surface area contributed by atoms with Gasteiger partial charge in [0, 0.05) is 13.1 Å². The fraction of sp³-hybridized carbons (Fsp3) is 0.227. The van der Waals surface area contributed by atoms with Crippen molar-refractivity contribution in [1.29, 1.82) is 0 Å². The number of hydrogen-bond donors (Lipinski definition) is 0. The molecule has 0 radical (unpaired) electrons. The first-order valence-corrected chi connectivity index (χ1v) is 8.24. The van der Waals surface area contributed by atoms with Crippen LogP contribution >= 0.6 is 0 Å².